The Labute approximate surface area is 92.2 Å². The molecule has 0 aliphatic rings. The van der Waals surface area contributed by atoms with E-state index in [9.17, 15) is 9.59 Å². The van der Waals surface area contributed by atoms with Gasteiger partial charge in [-0.1, -0.05) is 0 Å². The Bertz CT molecular complexity index is 391. The molecule has 0 bridgehead atoms. The Morgan fingerprint density at radius 1 is 1.25 bits per heavy atom. The number of hydrogen-bond donors (Lipinski definition) is 3. The van der Waals surface area contributed by atoms with Gasteiger partial charge in [-0.3, -0.25) is 14.6 Å². The van der Waals surface area contributed by atoms with Gasteiger partial charge < -0.3 is 22.1 Å². The summed E-state index contributed by atoms with van der Waals surface area (Å²) in [5.74, 6) is -1.14. The molecule has 2 amide bonds. The summed E-state index contributed by atoms with van der Waals surface area (Å²) in [6.45, 7) is -0.256. The molecule has 16 heavy (non-hydrogen) atoms. The maximum atomic E-state index is 10.8. The molecule has 86 valence electrons. The molecule has 0 spiro atoms. The first-order valence-electron chi connectivity index (χ1n) is 4.51. The molecule has 0 aromatic carbocycles. The lowest BCUT2D eigenvalue weighted by Crippen LogP contribution is -2.40. The summed E-state index contributed by atoms with van der Waals surface area (Å²) in [6, 6.07) is 1.58. The van der Waals surface area contributed by atoms with Crippen LogP contribution in [0.4, 0.5) is 11.4 Å². The van der Waals surface area contributed by atoms with Gasteiger partial charge >= 0.3 is 0 Å². The molecule has 0 saturated heterocycles. The molecule has 0 fully saturated rings. The molecule has 0 atom stereocenters. The van der Waals surface area contributed by atoms with E-state index in [0.29, 0.717) is 11.4 Å². The Morgan fingerprint density at radius 2 is 1.81 bits per heavy atom. The Morgan fingerprint density at radius 3 is 2.25 bits per heavy atom. The number of rotatable bonds is 5. The van der Waals surface area contributed by atoms with Crippen LogP contribution in [0.5, 0.6) is 0 Å². The summed E-state index contributed by atoms with van der Waals surface area (Å²) in [5, 5.41) is 0. The molecule has 1 heterocycles. The van der Waals surface area contributed by atoms with Gasteiger partial charge in [-0.15, -0.1) is 0 Å². The molecule has 1 aromatic heterocycles. The number of carbonyl (C=O) groups excluding carboxylic acids is 2. The number of nitrogen functional groups attached to an aromatic ring is 1. The van der Waals surface area contributed by atoms with Gasteiger partial charge in [-0.25, -0.2) is 0 Å². The number of pyridine rings is 1. The molecule has 0 aliphatic heterocycles. The first kappa shape index (κ1) is 11.8. The second-order valence-electron chi connectivity index (χ2n) is 3.22. The second-order valence-corrected chi connectivity index (χ2v) is 3.22. The van der Waals surface area contributed by atoms with E-state index in [1.807, 2.05) is 0 Å². The van der Waals surface area contributed by atoms with Crippen LogP contribution in [0.2, 0.25) is 0 Å². The van der Waals surface area contributed by atoms with Crippen molar-refractivity contribution in [3.63, 3.8) is 0 Å². The number of nitrogens with two attached hydrogens (primary N) is 3. The summed E-state index contributed by atoms with van der Waals surface area (Å²) in [4.78, 5) is 26.9. The highest BCUT2D eigenvalue weighted by atomic mass is 16.2. The minimum absolute atomic E-state index is 0.128. The third kappa shape index (κ3) is 3.12. The maximum absolute atomic E-state index is 10.8. The predicted octanol–water partition coefficient (Wildman–Crippen LogP) is -1.56. The number of amides is 2. The zero-order valence-corrected chi connectivity index (χ0v) is 8.59. The van der Waals surface area contributed by atoms with E-state index in [0.717, 1.165) is 0 Å². The van der Waals surface area contributed by atoms with Gasteiger partial charge in [-0.2, -0.15) is 0 Å². The first-order chi connectivity index (χ1) is 7.50. The lowest BCUT2D eigenvalue weighted by atomic mass is 10.3. The summed E-state index contributed by atoms with van der Waals surface area (Å²) in [7, 11) is 0. The van der Waals surface area contributed by atoms with Crippen molar-refractivity contribution in [2.45, 2.75) is 0 Å². The fourth-order valence-corrected chi connectivity index (χ4v) is 1.29. The number of hydrogen-bond acceptors (Lipinski definition) is 5. The van der Waals surface area contributed by atoms with Crippen molar-refractivity contribution in [2.75, 3.05) is 23.7 Å². The van der Waals surface area contributed by atoms with Crippen LogP contribution in [0.15, 0.2) is 18.5 Å². The van der Waals surface area contributed by atoms with E-state index in [1.54, 1.807) is 6.07 Å². The number of carbonyl (C=O) groups is 2. The first-order valence-corrected chi connectivity index (χ1v) is 4.51. The third-order valence-electron chi connectivity index (χ3n) is 1.86. The van der Waals surface area contributed by atoms with Crippen molar-refractivity contribution in [3.05, 3.63) is 18.5 Å². The average molecular weight is 223 g/mol. The average Bonchev–Trinajstić information content (AvgIpc) is 2.15. The van der Waals surface area contributed by atoms with Crippen molar-refractivity contribution >= 4 is 23.2 Å². The molecule has 0 radical (unpaired) electrons. The fraction of sp³-hybridized carbons (Fsp3) is 0.222. The molecule has 0 saturated carbocycles. The standard InChI is InChI=1S/C9H13N5O2/c10-6-3-13-2-1-7(6)14(4-8(11)15)5-9(12)16/h1-3H,4-5,10H2,(H2,11,15)(H2,12,16). The van der Waals surface area contributed by atoms with Crippen LogP contribution in [0.25, 0.3) is 0 Å². The van der Waals surface area contributed by atoms with Crippen molar-refractivity contribution in [3.8, 4) is 0 Å². The van der Waals surface area contributed by atoms with Gasteiger partial charge in [0.05, 0.1) is 30.7 Å². The minimum Gasteiger partial charge on any atom is -0.396 e. The smallest absolute Gasteiger partial charge is 0.236 e. The largest absolute Gasteiger partial charge is 0.396 e. The van der Waals surface area contributed by atoms with E-state index < -0.39 is 11.8 Å². The van der Waals surface area contributed by atoms with E-state index in [4.69, 9.17) is 17.2 Å². The molecule has 0 aliphatic carbocycles. The molecule has 1 aromatic rings. The molecule has 6 N–H and O–H groups in total. The van der Waals surface area contributed by atoms with Crippen LogP contribution in [-0.2, 0) is 9.59 Å². The van der Waals surface area contributed by atoms with Gasteiger partial charge in [0, 0.05) is 6.20 Å². The maximum Gasteiger partial charge on any atom is 0.236 e. The Hall–Kier alpha value is -2.31. The van der Waals surface area contributed by atoms with Crippen molar-refractivity contribution in [2.24, 2.45) is 11.5 Å². The van der Waals surface area contributed by atoms with E-state index in [-0.39, 0.29) is 13.1 Å². The quantitative estimate of drug-likeness (QED) is 0.556. The van der Waals surface area contributed by atoms with Crippen molar-refractivity contribution < 1.29 is 9.59 Å². The van der Waals surface area contributed by atoms with Gasteiger partial charge in [-0.05, 0) is 6.07 Å². The molecular weight excluding hydrogens is 210 g/mol. The van der Waals surface area contributed by atoms with Gasteiger partial charge in [0.25, 0.3) is 0 Å². The van der Waals surface area contributed by atoms with Crippen LogP contribution in [0.3, 0.4) is 0 Å². The zero-order valence-electron chi connectivity index (χ0n) is 8.59. The van der Waals surface area contributed by atoms with Crippen LogP contribution in [0.1, 0.15) is 0 Å². The predicted molar refractivity (Wildman–Crippen MR) is 59.3 cm³/mol. The number of primary amides is 2. The van der Waals surface area contributed by atoms with E-state index in [2.05, 4.69) is 4.98 Å². The van der Waals surface area contributed by atoms with Gasteiger partial charge in [0.15, 0.2) is 0 Å². The van der Waals surface area contributed by atoms with E-state index >= 15 is 0 Å². The lowest BCUT2D eigenvalue weighted by molar-refractivity contribution is -0.117. The molecular formula is C9H13N5O2. The van der Waals surface area contributed by atoms with Crippen molar-refractivity contribution in [1.29, 1.82) is 0 Å². The van der Waals surface area contributed by atoms with Crippen LogP contribution in [0, 0.1) is 0 Å². The number of aromatic nitrogens is 1. The highest BCUT2D eigenvalue weighted by molar-refractivity contribution is 5.86. The third-order valence-corrected chi connectivity index (χ3v) is 1.86. The highest BCUT2D eigenvalue weighted by Crippen LogP contribution is 2.20. The number of nitrogens with zero attached hydrogens (tertiary/aromatic N) is 2. The summed E-state index contributed by atoms with van der Waals surface area (Å²) >= 11 is 0. The molecule has 0 unspecified atom stereocenters. The molecule has 1 rings (SSSR count). The normalized spacial score (nSPS) is 9.75. The Balaban J connectivity index is 2.96. The highest BCUT2D eigenvalue weighted by Gasteiger charge is 2.14. The van der Waals surface area contributed by atoms with Crippen LogP contribution < -0.4 is 22.1 Å². The summed E-state index contributed by atoms with van der Waals surface area (Å²) < 4.78 is 0. The van der Waals surface area contributed by atoms with E-state index in [1.165, 1.54) is 17.3 Å². The van der Waals surface area contributed by atoms with Crippen LogP contribution >= 0.6 is 0 Å². The number of anilines is 2. The van der Waals surface area contributed by atoms with Crippen LogP contribution in [-0.4, -0.2) is 29.9 Å². The summed E-state index contributed by atoms with van der Waals surface area (Å²) in [6.07, 6.45) is 2.92. The minimum atomic E-state index is -0.572. The SMILES string of the molecule is NC(=O)CN(CC(N)=O)c1ccncc1N. The monoisotopic (exact) mass is 223 g/mol. The topological polar surface area (TPSA) is 128 Å². The summed E-state index contributed by atoms with van der Waals surface area (Å²) in [5.41, 5.74) is 16.7. The molecule has 7 nitrogen and oxygen atoms in total. The lowest BCUT2D eigenvalue weighted by Gasteiger charge is -2.22. The molecule has 7 heteroatoms. The van der Waals surface area contributed by atoms with Gasteiger partial charge in [0.2, 0.25) is 11.8 Å². The van der Waals surface area contributed by atoms with Gasteiger partial charge in [0.1, 0.15) is 0 Å². The zero-order chi connectivity index (χ0) is 12.1. The Kier molecular flexibility index (Phi) is 3.65. The second kappa shape index (κ2) is 4.96. The van der Waals surface area contributed by atoms with Crippen molar-refractivity contribution in [1.82, 2.24) is 4.98 Å². The fourth-order valence-electron chi connectivity index (χ4n) is 1.29.